The molecule has 0 bridgehead atoms. The van der Waals surface area contributed by atoms with Gasteiger partial charge in [0, 0.05) is 55.1 Å². The van der Waals surface area contributed by atoms with Crippen LogP contribution in [0.4, 0.5) is 11.5 Å². The van der Waals surface area contributed by atoms with Crippen molar-refractivity contribution < 1.29 is 14.0 Å². The summed E-state index contributed by atoms with van der Waals surface area (Å²) in [5.41, 5.74) is 9.54. The van der Waals surface area contributed by atoms with Crippen LogP contribution in [0.15, 0.2) is 24.4 Å². The third-order valence-corrected chi connectivity index (χ3v) is 13.9. The van der Waals surface area contributed by atoms with Crippen LogP contribution in [-0.4, -0.2) is 79.5 Å². The van der Waals surface area contributed by atoms with E-state index in [0.29, 0.717) is 19.7 Å². The molecule has 226 valence electrons. The lowest BCUT2D eigenvalue weighted by Crippen LogP contribution is -2.41. The second kappa shape index (κ2) is 12.3. The van der Waals surface area contributed by atoms with Crippen LogP contribution in [-0.2, 0) is 22.3 Å². The number of aryl methyl sites for hydroxylation is 1. The first-order chi connectivity index (χ1) is 19.2. The van der Waals surface area contributed by atoms with E-state index in [1.54, 1.807) is 0 Å². The number of anilines is 2. The van der Waals surface area contributed by atoms with Crippen LogP contribution < -0.4 is 10.6 Å². The number of carbonyl (C=O) groups excluding carboxylic acids is 2. The van der Waals surface area contributed by atoms with Crippen molar-refractivity contribution >= 4 is 31.6 Å². The lowest BCUT2D eigenvalue weighted by atomic mass is 9.85. The van der Waals surface area contributed by atoms with E-state index in [1.807, 2.05) is 15.8 Å². The van der Waals surface area contributed by atoms with Gasteiger partial charge in [0.15, 0.2) is 14.1 Å². The molecule has 0 saturated heterocycles. The first-order valence-corrected chi connectivity index (χ1v) is 17.9. The van der Waals surface area contributed by atoms with Gasteiger partial charge in [0.05, 0.1) is 13.2 Å². The maximum atomic E-state index is 13.7. The molecule has 1 aromatic carbocycles. The highest BCUT2D eigenvalue weighted by Crippen LogP contribution is 2.38. The molecule has 1 aliphatic carbocycles. The maximum absolute atomic E-state index is 13.7. The smallest absolute Gasteiger partial charge is 0.254 e. The van der Waals surface area contributed by atoms with Gasteiger partial charge in [-0.3, -0.25) is 14.3 Å². The number of amides is 2. The average Bonchev–Trinajstić information content (AvgIpc) is 3.48. The number of nitrogens with two attached hydrogens (primary N) is 1. The molecule has 9 nitrogen and oxygen atoms in total. The number of aromatic nitrogens is 2. The van der Waals surface area contributed by atoms with Gasteiger partial charge in [-0.1, -0.05) is 20.8 Å². The molecule has 2 N–H and O–H groups in total. The number of likely N-dealkylation sites (N-methyl/N-ethyl adjacent to an activating group) is 1. The minimum Gasteiger partial charge on any atom is -0.415 e. The van der Waals surface area contributed by atoms with Gasteiger partial charge in [-0.15, -0.1) is 0 Å². The number of carbonyl (C=O) groups is 2. The van der Waals surface area contributed by atoms with Crippen LogP contribution in [0.5, 0.6) is 0 Å². The van der Waals surface area contributed by atoms with Crippen molar-refractivity contribution in [2.24, 2.45) is 11.7 Å². The quantitative estimate of drug-likeness (QED) is 0.378. The summed E-state index contributed by atoms with van der Waals surface area (Å²) in [6, 6.07) is 6.45. The Hall–Kier alpha value is -2.69. The van der Waals surface area contributed by atoms with Gasteiger partial charge in [-0.2, -0.15) is 5.10 Å². The Labute approximate surface area is 247 Å². The SMILES string of the molecule is Cc1cc(N(CCN(C)C)c2ccn(CCO[Si](C)(C)C(C)(C)C)n2)cc2c1CN(C1CCC(C(N)=O)CC1)C2=O. The van der Waals surface area contributed by atoms with Gasteiger partial charge < -0.3 is 24.9 Å². The van der Waals surface area contributed by atoms with Crippen LogP contribution in [0.25, 0.3) is 0 Å². The third kappa shape index (κ3) is 7.03. The predicted octanol–water partition coefficient (Wildman–Crippen LogP) is 4.91. The second-order valence-electron chi connectivity index (χ2n) is 13.6. The number of nitrogens with zero attached hydrogens (tertiary/aromatic N) is 5. The highest BCUT2D eigenvalue weighted by atomic mass is 28.4. The molecule has 2 heterocycles. The first kappa shape index (κ1) is 31.2. The molecule has 4 rings (SSSR count). The Kier molecular flexibility index (Phi) is 9.35. The Morgan fingerprint density at radius 3 is 2.44 bits per heavy atom. The zero-order valence-corrected chi connectivity index (χ0v) is 27.4. The topological polar surface area (TPSA) is 96.9 Å². The Morgan fingerprint density at radius 2 is 1.83 bits per heavy atom. The van der Waals surface area contributed by atoms with Crippen molar-refractivity contribution in [2.45, 2.75) is 90.6 Å². The normalized spacial score (nSPS) is 19.6. The van der Waals surface area contributed by atoms with Crippen LogP contribution in [0, 0.1) is 12.8 Å². The third-order valence-electron chi connectivity index (χ3n) is 9.39. The monoisotopic (exact) mass is 582 g/mol. The molecule has 1 fully saturated rings. The standard InChI is InChI=1S/C31H50N6O3Si/c1-22-19-25(20-26-27(22)21-37(30(26)39)24-11-9-23(10-12-24)29(32)38)36(16-15-34(5)6)28-13-14-35(33-28)17-18-40-41(7,8)31(2,3)4/h13-14,19-20,23-24H,9-12,15-18,21H2,1-8H3,(H2,32,38). The maximum Gasteiger partial charge on any atom is 0.254 e. The Bertz CT molecular complexity index is 1240. The molecule has 1 saturated carbocycles. The van der Waals surface area contributed by atoms with Gasteiger partial charge in [0.2, 0.25) is 5.91 Å². The van der Waals surface area contributed by atoms with E-state index < -0.39 is 8.32 Å². The summed E-state index contributed by atoms with van der Waals surface area (Å²) >= 11 is 0. The molecule has 1 aliphatic heterocycles. The summed E-state index contributed by atoms with van der Waals surface area (Å²) < 4.78 is 8.34. The van der Waals surface area contributed by atoms with Crippen LogP contribution in [0.1, 0.15) is 67.9 Å². The molecule has 2 aromatic rings. The highest BCUT2D eigenvalue weighted by molar-refractivity contribution is 6.74. The van der Waals surface area contributed by atoms with Crippen molar-refractivity contribution in [1.29, 1.82) is 0 Å². The van der Waals surface area contributed by atoms with Gasteiger partial charge in [-0.25, -0.2) is 0 Å². The summed E-state index contributed by atoms with van der Waals surface area (Å²) in [6.45, 7) is 17.0. The minimum atomic E-state index is -1.82. The molecule has 0 spiro atoms. The van der Waals surface area contributed by atoms with E-state index in [9.17, 15) is 9.59 Å². The van der Waals surface area contributed by atoms with E-state index in [2.05, 4.69) is 82.9 Å². The van der Waals surface area contributed by atoms with Gasteiger partial charge in [0.25, 0.3) is 5.91 Å². The van der Waals surface area contributed by atoms with Gasteiger partial charge >= 0.3 is 0 Å². The van der Waals surface area contributed by atoms with E-state index in [0.717, 1.165) is 67.0 Å². The molecule has 10 heteroatoms. The zero-order valence-electron chi connectivity index (χ0n) is 26.4. The van der Waals surface area contributed by atoms with Crippen LogP contribution in [0.3, 0.4) is 0 Å². The lowest BCUT2D eigenvalue weighted by Gasteiger charge is -2.36. The van der Waals surface area contributed by atoms with Crippen molar-refractivity contribution in [3.63, 3.8) is 0 Å². The van der Waals surface area contributed by atoms with E-state index in [1.165, 1.54) is 0 Å². The molecule has 41 heavy (non-hydrogen) atoms. The van der Waals surface area contributed by atoms with E-state index in [4.69, 9.17) is 15.3 Å². The van der Waals surface area contributed by atoms with Crippen molar-refractivity contribution in [1.82, 2.24) is 19.6 Å². The van der Waals surface area contributed by atoms with Gasteiger partial charge in [0.1, 0.15) is 0 Å². The minimum absolute atomic E-state index is 0.0663. The van der Waals surface area contributed by atoms with Crippen LogP contribution >= 0.6 is 0 Å². The highest BCUT2D eigenvalue weighted by Gasteiger charge is 2.38. The van der Waals surface area contributed by atoms with Crippen molar-refractivity contribution in [3.05, 3.63) is 41.1 Å². The molecule has 2 aliphatic rings. The fourth-order valence-corrected chi connectivity index (χ4v) is 6.66. The molecular weight excluding hydrogens is 532 g/mol. The molecule has 1 aromatic heterocycles. The molecule has 0 unspecified atom stereocenters. The van der Waals surface area contributed by atoms with Crippen molar-refractivity contribution in [2.75, 3.05) is 38.7 Å². The molecular formula is C31H50N6O3Si. The number of fused-ring (bicyclic) bond motifs is 1. The lowest BCUT2D eigenvalue weighted by molar-refractivity contribution is -0.123. The summed E-state index contributed by atoms with van der Waals surface area (Å²) in [5, 5.41) is 5.10. The fraction of sp³-hybridized carbons (Fsp3) is 0.645. The number of primary amides is 1. The van der Waals surface area contributed by atoms with Gasteiger partial charge in [-0.05, 0) is 88.1 Å². The summed E-state index contributed by atoms with van der Waals surface area (Å²) in [7, 11) is 2.32. The second-order valence-corrected chi connectivity index (χ2v) is 18.4. The van der Waals surface area contributed by atoms with Crippen molar-refractivity contribution in [3.8, 4) is 0 Å². The molecule has 2 amide bonds. The number of benzene rings is 1. The largest absolute Gasteiger partial charge is 0.415 e. The average molecular weight is 583 g/mol. The van der Waals surface area contributed by atoms with E-state index >= 15 is 0 Å². The zero-order chi connectivity index (χ0) is 30.1. The van der Waals surface area contributed by atoms with Crippen LogP contribution in [0.2, 0.25) is 18.1 Å². The number of rotatable bonds is 11. The predicted molar refractivity (Wildman–Crippen MR) is 167 cm³/mol. The number of hydrogen-bond acceptors (Lipinski definition) is 6. The van der Waals surface area contributed by atoms with E-state index in [-0.39, 0.29) is 28.8 Å². The summed E-state index contributed by atoms with van der Waals surface area (Å²) in [5.74, 6) is 0.672. The summed E-state index contributed by atoms with van der Waals surface area (Å²) in [4.78, 5) is 31.7. The molecule has 0 atom stereocenters. The molecule has 0 radical (unpaired) electrons. The number of hydrogen-bond donors (Lipinski definition) is 1. The Balaban J connectivity index is 1.52. The fourth-order valence-electron chi connectivity index (χ4n) is 5.62. The summed E-state index contributed by atoms with van der Waals surface area (Å²) in [6.07, 6.45) is 5.18. The first-order valence-electron chi connectivity index (χ1n) is 15.0. The Morgan fingerprint density at radius 1 is 1.15 bits per heavy atom.